The Morgan fingerprint density at radius 3 is 2.64 bits per heavy atom. The number of hydrogen-bond donors (Lipinski definition) is 1. The zero-order chi connectivity index (χ0) is 20.1. The summed E-state index contributed by atoms with van der Waals surface area (Å²) in [5.74, 6) is -1.76. The Hall–Kier alpha value is -3.05. The standard InChI is InChI=1S/C22H17ClF2N2O/c1-14(27-22(28)10-7-15-5-8-19(24)12-20(15)25)16-3-2-4-17(11-16)18-6-9-21(23)26-13-18/h2-14H,1H3,(H,27,28)/t14-/m0/s1. The van der Waals surface area contributed by atoms with E-state index in [0.29, 0.717) is 5.15 Å². The Morgan fingerprint density at radius 2 is 1.93 bits per heavy atom. The van der Waals surface area contributed by atoms with E-state index in [0.717, 1.165) is 28.8 Å². The van der Waals surface area contributed by atoms with Gasteiger partial charge in [-0.3, -0.25) is 4.79 Å². The molecule has 142 valence electrons. The lowest BCUT2D eigenvalue weighted by atomic mass is 10.0. The third-order valence-electron chi connectivity index (χ3n) is 4.18. The first-order chi connectivity index (χ1) is 13.4. The first-order valence-corrected chi connectivity index (χ1v) is 8.95. The van der Waals surface area contributed by atoms with Gasteiger partial charge in [0.1, 0.15) is 16.8 Å². The summed E-state index contributed by atoms with van der Waals surface area (Å²) in [6.45, 7) is 1.85. The summed E-state index contributed by atoms with van der Waals surface area (Å²) in [4.78, 5) is 16.2. The summed E-state index contributed by atoms with van der Waals surface area (Å²) in [7, 11) is 0. The monoisotopic (exact) mass is 398 g/mol. The van der Waals surface area contributed by atoms with Gasteiger partial charge in [-0.2, -0.15) is 0 Å². The minimum Gasteiger partial charge on any atom is -0.346 e. The van der Waals surface area contributed by atoms with Crippen LogP contribution in [-0.4, -0.2) is 10.9 Å². The van der Waals surface area contributed by atoms with Crippen molar-refractivity contribution in [1.82, 2.24) is 10.3 Å². The molecule has 1 amide bonds. The Bertz CT molecular complexity index is 1020. The van der Waals surface area contributed by atoms with Crippen molar-refractivity contribution in [1.29, 1.82) is 0 Å². The van der Waals surface area contributed by atoms with Crippen LogP contribution in [0.3, 0.4) is 0 Å². The van der Waals surface area contributed by atoms with Gasteiger partial charge in [-0.05, 0) is 54.5 Å². The predicted molar refractivity (Wildman–Crippen MR) is 107 cm³/mol. The molecule has 1 N–H and O–H groups in total. The van der Waals surface area contributed by atoms with E-state index < -0.39 is 11.6 Å². The number of halogens is 3. The van der Waals surface area contributed by atoms with Gasteiger partial charge < -0.3 is 5.32 Å². The van der Waals surface area contributed by atoms with Gasteiger partial charge >= 0.3 is 0 Å². The van der Waals surface area contributed by atoms with Crippen molar-refractivity contribution in [2.75, 3.05) is 0 Å². The lowest BCUT2D eigenvalue weighted by Gasteiger charge is -2.14. The molecule has 0 aliphatic carbocycles. The van der Waals surface area contributed by atoms with E-state index in [4.69, 9.17) is 11.6 Å². The summed E-state index contributed by atoms with van der Waals surface area (Å²) in [5.41, 5.74) is 2.91. The second-order valence-electron chi connectivity index (χ2n) is 6.22. The molecule has 3 aromatic rings. The molecule has 28 heavy (non-hydrogen) atoms. The highest BCUT2D eigenvalue weighted by molar-refractivity contribution is 6.29. The molecule has 1 heterocycles. The third kappa shape index (κ3) is 5.02. The molecule has 0 aliphatic heterocycles. The van der Waals surface area contributed by atoms with Gasteiger partial charge in [0, 0.05) is 29.5 Å². The zero-order valence-electron chi connectivity index (χ0n) is 15.0. The molecule has 0 spiro atoms. The summed E-state index contributed by atoms with van der Waals surface area (Å²) < 4.78 is 26.5. The summed E-state index contributed by atoms with van der Waals surface area (Å²) in [6.07, 6.45) is 4.22. The van der Waals surface area contributed by atoms with Crippen LogP contribution in [0.5, 0.6) is 0 Å². The molecule has 0 saturated heterocycles. The molecule has 3 rings (SSSR count). The molecule has 0 bridgehead atoms. The fourth-order valence-corrected chi connectivity index (χ4v) is 2.79. The minimum absolute atomic E-state index is 0.140. The van der Waals surface area contributed by atoms with Gasteiger partial charge in [0.2, 0.25) is 5.91 Å². The number of carbonyl (C=O) groups is 1. The van der Waals surface area contributed by atoms with Crippen molar-refractivity contribution >= 4 is 23.6 Å². The second-order valence-corrected chi connectivity index (χ2v) is 6.61. The summed E-state index contributed by atoms with van der Waals surface area (Å²) >= 11 is 5.82. The van der Waals surface area contributed by atoms with Crippen molar-refractivity contribution in [3.8, 4) is 11.1 Å². The number of nitrogens with one attached hydrogen (secondary N) is 1. The smallest absolute Gasteiger partial charge is 0.244 e. The Labute approximate surface area is 166 Å². The molecule has 1 atom stereocenters. The predicted octanol–water partition coefficient (Wildman–Crippen LogP) is 5.57. The SMILES string of the molecule is C[C@H](NC(=O)C=Cc1ccc(F)cc1F)c1cccc(-c2ccc(Cl)nc2)c1. The van der Waals surface area contributed by atoms with Crippen molar-refractivity contribution in [2.24, 2.45) is 0 Å². The van der Waals surface area contributed by atoms with Crippen molar-refractivity contribution in [3.05, 3.63) is 94.8 Å². The van der Waals surface area contributed by atoms with Gasteiger partial charge in [-0.1, -0.05) is 29.8 Å². The number of aromatic nitrogens is 1. The Balaban J connectivity index is 1.69. The van der Waals surface area contributed by atoms with Crippen LogP contribution < -0.4 is 5.32 Å². The summed E-state index contributed by atoms with van der Waals surface area (Å²) in [5, 5.41) is 3.25. The van der Waals surface area contributed by atoms with Crippen LogP contribution in [0.15, 0.2) is 66.9 Å². The molecule has 6 heteroatoms. The number of rotatable bonds is 5. The van der Waals surface area contributed by atoms with Crippen LogP contribution in [0.4, 0.5) is 8.78 Å². The molecule has 2 aromatic carbocycles. The highest BCUT2D eigenvalue weighted by atomic mass is 35.5. The maximum absolute atomic E-state index is 13.6. The van der Waals surface area contributed by atoms with Gasteiger partial charge in [0.25, 0.3) is 0 Å². The molecule has 0 radical (unpaired) electrons. The van der Waals surface area contributed by atoms with E-state index in [9.17, 15) is 13.6 Å². The topological polar surface area (TPSA) is 42.0 Å². The van der Waals surface area contributed by atoms with Gasteiger partial charge in [-0.25, -0.2) is 13.8 Å². The lowest BCUT2D eigenvalue weighted by Crippen LogP contribution is -2.24. The average molecular weight is 399 g/mol. The Morgan fingerprint density at radius 1 is 1.11 bits per heavy atom. The lowest BCUT2D eigenvalue weighted by molar-refractivity contribution is -0.117. The van der Waals surface area contributed by atoms with Crippen LogP contribution in [0, 0.1) is 11.6 Å². The highest BCUT2D eigenvalue weighted by Gasteiger charge is 2.09. The highest BCUT2D eigenvalue weighted by Crippen LogP contribution is 2.23. The molecule has 1 aromatic heterocycles. The van der Waals surface area contributed by atoms with Gasteiger partial charge in [0.15, 0.2) is 0 Å². The van der Waals surface area contributed by atoms with Crippen molar-refractivity contribution in [2.45, 2.75) is 13.0 Å². The normalized spacial score (nSPS) is 12.1. The second kappa shape index (κ2) is 8.76. The number of nitrogens with zero attached hydrogens (tertiary/aromatic N) is 1. The maximum Gasteiger partial charge on any atom is 0.244 e. The van der Waals surface area contributed by atoms with Gasteiger partial charge in [0.05, 0.1) is 6.04 Å². The number of carbonyl (C=O) groups excluding carboxylic acids is 1. The third-order valence-corrected chi connectivity index (χ3v) is 4.41. The number of hydrogen-bond acceptors (Lipinski definition) is 2. The zero-order valence-corrected chi connectivity index (χ0v) is 15.8. The van der Waals surface area contributed by atoms with Crippen molar-refractivity contribution < 1.29 is 13.6 Å². The van der Waals surface area contributed by atoms with E-state index in [2.05, 4.69) is 10.3 Å². The van der Waals surface area contributed by atoms with E-state index in [-0.39, 0.29) is 17.5 Å². The van der Waals surface area contributed by atoms with Crippen LogP contribution in [0.25, 0.3) is 17.2 Å². The van der Waals surface area contributed by atoms with Crippen LogP contribution in [0.2, 0.25) is 5.15 Å². The fraction of sp³-hybridized carbons (Fsp3) is 0.0909. The fourth-order valence-electron chi connectivity index (χ4n) is 2.68. The van der Waals surface area contributed by atoms with Gasteiger partial charge in [-0.15, -0.1) is 0 Å². The van der Waals surface area contributed by atoms with Crippen LogP contribution >= 0.6 is 11.6 Å². The minimum atomic E-state index is -0.721. The van der Waals surface area contributed by atoms with E-state index in [1.54, 1.807) is 12.3 Å². The first kappa shape index (κ1) is 19.7. The summed E-state index contributed by atoms with van der Waals surface area (Å²) in [6, 6.07) is 14.2. The molecule has 0 fully saturated rings. The van der Waals surface area contributed by atoms with E-state index in [1.165, 1.54) is 18.2 Å². The largest absolute Gasteiger partial charge is 0.346 e. The van der Waals surface area contributed by atoms with E-state index in [1.807, 2.05) is 37.3 Å². The van der Waals surface area contributed by atoms with Crippen molar-refractivity contribution in [3.63, 3.8) is 0 Å². The quantitative estimate of drug-likeness (QED) is 0.451. The molecule has 0 saturated carbocycles. The Kier molecular flexibility index (Phi) is 6.16. The number of amides is 1. The first-order valence-electron chi connectivity index (χ1n) is 8.58. The average Bonchev–Trinajstić information content (AvgIpc) is 2.68. The maximum atomic E-state index is 13.6. The van der Waals surface area contributed by atoms with Crippen LogP contribution in [-0.2, 0) is 4.79 Å². The number of benzene rings is 2. The molecular formula is C22H17ClF2N2O. The molecule has 0 aliphatic rings. The van der Waals surface area contributed by atoms with E-state index >= 15 is 0 Å². The number of pyridine rings is 1. The molecule has 0 unspecified atom stereocenters. The molecular weight excluding hydrogens is 382 g/mol. The van der Waals surface area contributed by atoms with Crippen LogP contribution in [0.1, 0.15) is 24.1 Å². The molecule has 3 nitrogen and oxygen atoms in total.